The van der Waals surface area contributed by atoms with E-state index in [4.69, 9.17) is 11.6 Å². The first kappa shape index (κ1) is 15.9. The molecule has 1 unspecified atom stereocenters. The van der Waals surface area contributed by atoms with Gasteiger partial charge < -0.3 is 5.32 Å². The molecule has 0 saturated carbocycles. The van der Waals surface area contributed by atoms with Crippen molar-refractivity contribution in [2.75, 3.05) is 12.8 Å². The van der Waals surface area contributed by atoms with Gasteiger partial charge in [0.05, 0.1) is 5.02 Å². The topological polar surface area (TPSA) is 12.0 Å². The molecule has 1 N–H and O–H groups in total. The van der Waals surface area contributed by atoms with Gasteiger partial charge in [-0.15, -0.1) is 11.8 Å². The summed E-state index contributed by atoms with van der Waals surface area (Å²) in [6.45, 7) is 4.56. The molecule has 0 aliphatic carbocycles. The van der Waals surface area contributed by atoms with Crippen LogP contribution in [-0.2, 0) is 0 Å². The third kappa shape index (κ3) is 5.21. The lowest BCUT2D eigenvalue weighted by Crippen LogP contribution is -2.30. The van der Waals surface area contributed by atoms with Gasteiger partial charge in [-0.1, -0.05) is 50.4 Å². The van der Waals surface area contributed by atoms with Crippen LogP contribution in [0.25, 0.3) is 0 Å². The lowest BCUT2D eigenvalue weighted by Gasteiger charge is -2.21. The highest BCUT2D eigenvalue weighted by molar-refractivity contribution is 7.99. The Morgan fingerprint density at radius 3 is 2.44 bits per heavy atom. The minimum atomic E-state index is 0.566. The molecule has 0 aliphatic rings. The van der Waals surface area contributed by atoms with Crippen LogP contribution in [0.2, 0.25) is 5.02 Å². The molecule has 1 aromatic carbocycles. The first-order valence-corrected chi connectivity index (χ1v) is 8.12. The maximum absolute atomic E-state index is 6.17. The second-order valence-electron chi connectivity index (χ2n) is 4.65. The average Bonchev–Trinajstić information content (AvgIpc) is 2.41. The number of benzene rings is 1. The molecule has 102 valence electrons. The predicted octanol–water partition coefficient (Wildman–Crippen LogP) is 4.85. The van der Waals surface area contributed by atoms with E-state index in [2.05, 4.69) is 32.3 Å². The van der Waals surface area contributed by atoms with Gasteiger partial charge >= 0.3 is 0 Å². The molecular formula is C15H24ClNS. The molecule has 18 heavy (non-hydrogen) atoms. The Kier molecular flexibility index (Phi) is 7.80. The quantitative estimate of drug-likeness (QED) is 0.686. The summed E-state index contributed by atoms with van der Waals surface area (Å²) in [6.07, 6.45) is 3.79. The van der Waals surface area contributed by atoms with Crippen molar-refractivity contribution in [1.82, 2.24) is 5.32 Å². The van der Waals surface area contributed by atoms with Crippen molar-refractivity contribution in [3.63, 3.8) is 0 Å². The SMILES string of the molecule is CCC(CC)CC(CSc1ccccc1Cl)NC. The fourth-order valence-corrected chi connectivity index (χ4v) is 3.41. The molecule has 1 nitrogen and oxygen atoms in total. The van der Waals surface area contributed by atoms with Crippen LogP contribution in [0.3, 0.4) is 0 Å². The zero-order valence-electron chi connectivity index (χ0n) is 11.6. The molecule has 1 atom stereocenters. The summed E-state index contributed by atoms with van der Waals surface area (Å²) >= 11 is 8.02. The fourth-order valence-electron chi connectivity index (χ4n) is 2.05. The Morgan fingerprint density at radius 1 is 1.22 bits per heavy atom. The van der Waals surface area contributed by atoms with Crippen molar-refractivity contribution >= 4 is 23.4 Å². The summed E-state index contributed by atoms with van der Waals surface area (Å²) in [6, 6.07) is 8.64. The molecular weight excluding hydrogens is 262 g/mol. The highest BCUT2D eigenvalue weighted by Crippen LogP contribution is 2.28. The van der Waals surface area contributed by atoms with E-state index in [-0.39, 0.29) is 0 Å². The number of halogens is 1. The number of rotatable bonds is 8. The summed E-state index contributed by atoms with van der Waals surface area (Å²) in [7, 11) is 2.06. The molecule has 3 heteroatoms. The molecule has 0 radical (unpaired) electrons. The van der Waals surface area contributed by atoms with Crippen molar-refractivity contribution in [3.8, 4) is 0 Å². The number of nitrogens with one attached hydrogen (secondary N) is 1. The predicted molar refractivity (Wildman–Crippen MR) is 83.7 cm³/mol. The Labute approximate surface area is 121 Å². The maximum atomic E-state index is 6.17. The Hall–Kier alpha value is -0.180. The van der Waals surface area contributed by atoms with Crippen LogP contribution in [0.15, 0.2) is 29.2 Å². The summed E-state index contributed by atoms with van der Waals surface area (Å²) in [5.74, 6) is 1.91. The highest BCUT2D eigenvalue weighted by Gasteiger charge is 2.13. The van der Waals surface area contributed by atoms with Gasteiger partial charge in [-0.25, -0.2) is 0 Å². The molecule has 0 fully saturated rings. The van der Waals surface area contributed by atoms with Crippen molar-refractivity contribution < 1.29 is 0 Å². The van der Waals surface area contributed by atoms with Gasteiger partial charge in [0.15, 0.2) is 0 Å². The summed E-state index contributed by atoms with van der Waals surface area (Å²) < 4.78 is 0. The van der Waals surface area contributed by atoms with Gasteiger partial charge in [0.25, 0.3) is 0 Å². The maximum Gasteiger partial charge on any atom is 0.0541 e. The Bertz CT molecular complexity index is 339. The first-order chi connectivity index (χ1) is 8.71. The zero-order chi connectivity index (χ0) is 13.4. The van der Waals surface area contributed by atoms with Crippen LogP contribution in [0.5, 0.6) is 0 Å². The third-order valence-electron chi connectivity index (χ3n) is 3.46. The minimum absolute atomic E-state index is 0.566. The standard InChI is InChI=1S/C15H24ClNS/c1-4-12(5-2)10-13(17-3)11-18-15-9-7-6-8-14(15)16/h6-9,12-13,17H,4-5,10-11H2,1-3H3. The van der Waals surface area contributed by atoms with Crippen molar-refractivity contribution in [2.24, 2.45) is 5.92 Å². The Balaban J connectivity index is 2.47. The van der Waals surface area contributed by atoms with Crippen molar-refractivity contribution in [2.45, 2.75) is 44.0 Å². The highest BCUT2D eigenvalue weighted by atomic mass is 35.5. The van der Waals surface area contributed by atoms with Crippen LogP contribution in [0.1, 0.15) is 33.1 Å². The average molecular weight is 286 g/mol. The van der Waals surface area contributed by atoms with E-state index in [1.165, 1.54) is 24.2 Å². The van der Waals surface area contributed by atoms with E-state index in [1.807, 2.05) is 30.0 Å². The van der Waals surface area contributed by atoms with Gasteiger partial charge in [0.2, 0.25) is 0 Å². The second-order valence-corrected chi connectivity index (χ2v) is 6.11. The second kappa shape index (κ2) is 8.84. The molecule has 1 aromatic rings. The molecule has 0 bridgehead atoms. The zero-order valence-corrected chi connectivity index (χ0v) is 13.2. The van der Waals surface area contributed by atoms with Gasteiger partial charge in [-0.05, 0) is 31.5 Å². The van der Waals surface area contributed by atoms with E-state index in [0.29, 0.717) is 6.04 Å². The fraction of sp³-hybridized carbons (Fsp3) is 0.600. The molecule has 0 spiro atoms. The normalized spacial score (nSPS) is 12.9. The van der Waals surface area contributed by atoms with Gasteiger partial charge in [-0.2, -0.15) is 0 Å². The monoisotopic (exact) mass is 285 g/mol. The van der Waals surface area contributed by atoms with Crippen molar-refractivity contribution in [3.05, 3.63) is 29.3 Å². The van der Waals surface area contributed by atoms with E-state index < -0.39 is 0 Å². The van der Waals surface area contributed by atoms with E-state index in [0.717, 1.165) is 16.7 Å². The van der Waals surface area contributed by atoms with Crippen LogP contribution >= 0.6 is 23.4 Å². The number of hydrogen-bond donors (Lipinski definition) is 1. The van der Waals surface area contributed by atoms with Crippen LogP contribution in [0, 0.1) is 5.92 Å². The molecule has 0 amide bonds. The lowest BCUT2D eigenvalue weighted by atomic mass is 9.95. The molecule has 0 aromatic heterocycles. The smallest absolute Gasteiger partial charge is 0.0541 e. The molecule has 0 saturated heterocycles. The molecule has 0 aliphatic heterocycles. The third-order valence-corrected chi connectivity index (χ3v) is 5.14. The van der Waals surface area contributed by atoms with Crippen LogP contribution in [0.4, 0.5) is 0 Å². The van der Waals surface area contributed by atoms with Crippen molar-refractivity contribution in [1.29, 1.82) is 0 Å². The summed E-state index contributed by atoms with van der Waals surface area (Å²) in [4.78, 5) is 1.18. The molecule has 0 heterocycles. The van der Waals surface area contributed by atoms with E-state index in [1.54, 1.807) is 0 Å². The largest absolute Gasteiger partial charge is 0.316 e. The Morgan fingerprint density at radius 2 is 1.89 bits per heavy atom. The van der Waals surface area contributed by atoms with Gasteiger partial charge in [0, 0.05) is 16.7 Å². The number of thioether (sulfide) groups is 1. The van der Waals surface area contributed by atoms with Crippen LogP contribution < -0.4 is 5.32 Å². The summed E-state index contributed by atoms with van der Waals surface area (Å²) in [5.41, 5.74) is 0. The summed E-state index contributed by atoms with van der Waals surface area (Å²) in [5, 5.41) is 4.29. The van der Waals surface area contributed by atoms with E-state index in [9.17, 15) is 0 Å². The first-order valence-electron chi connectivity index (χ1n) is 6.75. The van der Waals surface area contributed by atoms with Gasteiger partial charge in [0.1, 0.15) is 0 Å². The van der Waals surface area contributed by atoms with E-state index >= 15 is 0 Å². The van der Waals surface area contributed by atoms with Crippen LogP contribution in [-0.4, -0.2) is 18.8 Å². The lowest BCUT2D eigenvalue weighted by molar-refractivity contribution is 0.397. The molecule has 1 rings (SSSR count). The van der Waals surface area contributed by atoms with Gasteiger partial charge in [-0.3, -0.25) is 0 Å². The minimum Gasteiger partial charge on any atom is -0.316 e. The number of hydrogen-bond acceptors (Lipinski definition) is 2.